The third kappa shape index (κ3) is 4.02. The maximum Gasteiger partial charge on any atom is 0.276 e. The van der Waals surface area contributed by atoms with Crippen LogP contribution in [0.25, 0.3) is 11.3 Å². The number of hydrogen-bond acceptors (Lipinski definition) is 6. The Hall–Kier alpha value is -3.33. The molecule has 9 heteroatoms. The van der Waals surface area contributed by atoms with Crippen LogP contribution in [0, 0.1) is 0 Å². The first-order chi connectivity index (χ1) is 14.7. The Morgan fingerprint density at radius 3 is 2.73 bits per heavy atom. The van der Waals surface area contributed by atoms with Gasteiger partial charge in [-0.25, -0.2) is 4.68 Å². The lowest BCUT2D eigenvalue weighted by molar-refractivity contribution is 0.0925. The molecule has 0 saturated carbocycles. The van der Waals surface area contributed by atoms with Crippen molar-refractivity contribution in [1.29, 1.82) is 0 Å². The van der Waals surface area contributed by atoms with E-state index in [4.69, 9.17) is 4.74 Å². The molecule has 30 heavy (non-hydrogen) atoms. The van der Waals surface area contributed by atoms with E-state index < -0.39 is 0 Å². The summed E-state index contributed by atoms with van der Waals surface area (Å²) in [7, 11) is 1.53. The molecule has 0 bridgehead atoms. The van der Waals surface area contributed by atoms with Crippen molar-refractivity contribution in [3.05, 3.63) is 72.4 Å². The van der Waals surface area contributed by atoms with Crippen LogP contribution in [0.3, 0.4) is 0 Å². The van der Waals surface area contributed by atoms with Crippen molar-refractivity contribution >= 4 is 23.3 Å². The molecule has 0 saturated heterocycles. The summed E-state index contributed by atoms with van der Waals surface area (Å²) in [6.07, 6.45) is 6.34. The number of pyridine rings is 1. The first-order valence-electron chi connectivity index (χ1n) is 9.50. The number of para-hydroxylation sites is 1. The highest BCUT2D eigenvalue weighted by Crippen LogP contribution is 2.23. The second-order valence-corrected chi connectivity index (χ2v) is 7.61. The van der Waals surface area contributed by atoms with E-state index in [0.29, 0.717) is 18.0 Å². The van der Waals surface area contributed by atoms with Gasteiger partial charge in [0.1, 0.15) is 0 Å². The molecule has 8 nitrogen and oxygen atoms in total. The molecule has 4 rings (SSSR count). The van der Waals surface area contributed by atoms with Gasteiger partial charge in [-0.15, -0.1) is 10.2 Å². The Kier molecular flexibility index (Phi) is 5.99. The average molecular weight is 423 g/mol. The van der Waals surface area contributed by atoms with E-state index >= 15 is 0 Å². The molecule has 3 aromatic heterocycles. The van der Waals surface area contributed by atoms with Crippen molar-refractivity contribution in [2.45, 2.75) is 12.5 Å². The second kappa shape index (κ2) is 9.00. The first kappa shape index (κ1) is 20.0. The maximum atomic E-state index is 13.1. The van der Waals surface area contributed by atoms with Crippen LogP contribution in [0.4, 0.5) is 0 Å². The number of carbonyl (C=O) groups is 1. The summed E-state index contributed by atoms with van der Waals surface area (Å²) in [5, 5.41) is 16.1. The van der Waals surface area contributed by atoms with Crippen LogP contribution in [0.2, 0.25) is 0 Å². The van der Waals surface area contributed by atoms with Crippen LogP contribution in [0.15, 0.2) is 60.9 Å². The second-order valence-electron chi connectivity index (χ2n) is 6.62. The third-order valence-corrected chi connectivity index (χ3v) is 5.35. The van der Waals surface area contributed by atoms with Gasteiger partial charge < -0.3 is 10.1 Å². The van der Waals surface area contributed by atoms with Gasteiger partial charge in [-0.05, 0) is 42.7 Å². The van der Waals surface area contributed by atoms with Gasteiger partial charge in [0.05, 0.1) is 25.0 Å². The number of amides is 1. The summed E-state index contributed by atoms with van der Waals surface area (Å²) in [6, 6.07) is 15.0. The van der Waals surface area contributed by atoms with Crippen molar-refractivity contribution in [2.24, 2.45) is 0 Å². The predicted molar refractivity (Wildman–Crippen MR) is 116 cm³/mol. The lowest BCUT2D eigenvalue weighted by atomic mass is 10.2. The van der Waals surface area contributed by atoms with Crippen molar-refractivity contribution in [3.63, 3.8) is 0 Å². The fraction of sp³-hybridized carbons (Fsp3) is 0.238. The quantitative estimate of drug-likeness (QED) is 0.469. The number of thioether (sulfide) groups is 1. The number of aromatic nitrogens is 5. The van der Waals surface area contributed by atoms with E-state index in [9.17, 15) is 4.79 Å². The number of fused-ring (bicyclic) bond motifs is 1. The highest BCUT2D eigenvalue weighted by atomic mass is 32.2. The Morgan fingerprint density at radius 1 is 1.17 bits per heavy atom. The van der Waals surface area contributed by atoms with Crippen LogP contribution in [-0.4, -0.2) is 49.4 Å². The topological polar surface area (TPSA) is 86.3 Å². The smallest absolute Gasteiger partial charge is 0.276 e. The molecule has 0 fully saturated rings. The molecule has 0 radical (unpaired) electrons. The summed E-state index contributed by atoms with van der Waals surface area (Å²) in [6.45, 7) is 0. The van der Waals surface area contributed by atoms with Gasteiger partial charge in [0.15, 0.2) is 22.9 Å². The van der Waals surface area contributed by atoms with Crippen LogP contribution in [-0.2, 0) is 0 Å². The van der Waals surface area contributed by atoms with Crippen LogP contribution >= 0.6 is 11.8 Å². The number of nitrogens with zero attached hydrogens (tertiary/aromatic N) is 5. The summed E-state index contributed by atoms with van der Waals surface area (Å²) < 4.78 is 8.94. The molecular weight excluding hydrogens is 400 g/mol. The molecule has 4 aromatic rings. The molecular formula is C21H22N6O2S. The third-order valence-electron chi connectivity index (χ3n) is 4.70. The molecule has 1 atom stereocenters. The molecule has 1 N–H and O–H groups in total. The largest absolute Gasteiger partial charge is 0.493 e. The Labute approximate surface area is 178 Å². The molecule has 1 aromatic carbocycles. The van der Waals surface area contributed by atoms with E-state index in [2.05, 4.69) is 20.6 Å². The molecule has 0 aliphatic rings. The fourth-order valence-electron chi connectivity index (χ4n) is 3.20. The maximum absolute atomic E-state index is 13.1. The van der Waals surface area contributed by atoms with E-state index in [1.807, 2.05) is 65.4 Å². The minimum absolute atomic E-state index is 0.226. The zero-order valence-electron chi connectivity index (χ0n) is 16.7. The number of methoxy groups -OCH3 is 1. The SMILES string of the molecule is COc1cn(-c2ccccc2)nc1C(=O)NC(CCSC)c1nnc2ccccn12. The number of rotatable bonds is 8. The van der Waals surface area contributed by atoms with Crippen molar-refractivity contribution in [1.82, 2.24) is 29.7 Å². The van der Waals surface area contributed by atoms with Crippen LogP contribution in [0.5, 0.6) is 5.75 Å². The summed E-state index contributed by atoms with van der Waals surface area (Å²) in [5.41, 5.74) is 1.81. The van der Waals surface area contributed by atoms with E-state index in [-0.39, 0.29) is 17.6 Å². The number of benzene rings is 1. The summed E-state index contributed by atoms with van der Waals surface area (Å²) >= 11 is 1.71. The molecule has 1 amide bonds. The molecule has 3 heterocycles. The van der Waals surface area contributed by atoms with E-state index in [1.54, 1.807) is 22.6 Å². The molecule has 1 unspecified atom stereocenters. The van der Waals surface area contributed by atoms with Crippen molar-refractivity contribution in [3.8, 4) is 11.4 Å². The molecule has 154 valence electrons. The van der Waals surface area contributed by atoms with Crippen molar-refractivity contribution < 1.29 is 9.53 Å². The lowest BCUT2D eigenvalue weighted by Gasteiger charge is -2.16. The number of carbonyl (C=O) groups excluding carboxylic acids is 1. The Balaban J connectivity index is 1.64. The predicted octanol–water partition coefficient (Wildman–Crippen LogP) is 3.15. The van der Waals surface area contributed by atoms with Gasteiger partial charge in [0.2, 0.25) is 0 Å². The lowest BCUT2D eigenvalue weighted by Crippen LogP contribution is -2.31. The zero-order valence-corrected chi connectivity index (χ0v) is 17.5. The van der Waals surface area contributed by atoms with E-state index in [0.717, 1.165) is 17.1 Å². The van der Waals surface area contributed by atoms with Crippen LogP contribution in [0.1, 0.15) is 28.8 Å². The van der Waals surface area contributed by atoms with Gasteiger partial charge in [-0.1, -0.05) is 24.3 Å². The van der Waals surface area contributed by atoms with Gasteiger partial charge in [0, 0.05) is 6.20 Å². The summed E-state index contributed by atoms with van der Waals surface area (Å²) in [4.78, 5) is 13.1. The highest BCUT2D eigenvalue weighted by molar-refractivity contribution is 7.98. The van der Waals surface area contributed by atoms with E-state index in [1.165, 1.54) is 7.11 Å². The molecule has 0 spiro atoms. The summed E-state index contributed by atoms with van der Waals surface area (Å²) in [5.74, 6) is 1.64. The van der Waals surface area contributed by atoms with Gasteiger partial charge in [-0.3, -0.25) is 9.20 Å². The minimum Gasteiger partial charge on any atom is -0.493 e. The standard InChI is InChI=1S/C21H22N6O2S/c1-29-17-14-27(15-8-4-3-5-9-15)25-19(17)21(28)22-16(11-13-30-2)20-24-23-18-10-6-7-12-26(18)20/h3-10,12,14,16H,11,13H2,1-2H3,(H,22,28). The Bertz CT molecular complexity index is 1140. The number of ether oxygens (including phenoxy) is 1. The minimum atomic E-state index is -0.319. The van der Waals surface area contributed by atoms with Gasteiger partial charge in [-0.2, -0.15) is 16.9 Å². The average Bonchev–Trinajstić information content (AvgIpc) is 3.42. The fourth-order valence-corrected chi connectivity index (χ4v) is 3.67. The normalized spacial score (nSPS) is 12.1. The highest BCUT2D eigenvalue weighted by Gasteiger charge is 2.25. The monoisotopic (exact) mass is 422 g/mol. The van der Waals surface area contributed by atoms with Gasteiger partial charge >= 0.3 is 0 Å². The van der Waals surface area contributed by atoms with Crippen molar-refractivity contribution in [2.75, 3.05) is 19.1 Å². The van der Waals surface area contributed by atoms with Gasteiger partial charge in [0.25, 0.3) is 5.91 Å². The zero-order chi connectivity index (χ0) is 20.9. The number of hydrogen-bond donors (Lipinski definition) is 1. The Morgan fingerprint density at radius 2 is 1.97 bits per heavy atom. The van der Waals surface area contributed by atoms with Crippen LogP contribution < -0.4 is 10.1 Å². The molecule has 0 aliphatic heterocycles. The number of nitrogens with one attached hydrogen (secondary N) is 1. The first-order valence-corrected chi connectivity index (χ1v) is 10.9. The molecule has 0 aliphatic carbocycles.